The summed E-state index contributed by atoms with van der Waals surface area (Å²) in [6.07, 6.45) is 0. The number of anilines is 1. The molecule has 2 N–H and O–H groups in total. The van der Waals surface area contributed by atoms with Crippen LogP contribution >= 0.6 is 0 Å². The molecular weight excluding hydrogens is 256 g/mol. The molecule has 1 heterocycles. The molecule has 20 heavy (non-hydrogen) atoms. The van der Waals surface area contributed by atoms with Gasteiger partial charge in [0.05, 0.1) is 25.3 Å². The molecular formula is C14H22N4O2. The highest BCUT2D eigenvalue weighted by Crippen LogP contribution is 2.32. The van der Waals surface area contributed by atoms with Crippen molar-refractivity contribution < 1.29 is 9.47 Å². The Morgan fingerprint density at radius 3 is 2.50 bits per heavy atom. The van der Waals surface area contributed by atoms with Gasteiger partial charge in [-0.2, -0.15) is 0 Å². The molecule has 2 rings (SSSR count). The van der Waals surface area contributed by atoms with Crippen LogP contribution in [0.15, 0.2) is 12.1 Å². The first kappa shape index (κ1) is 14.5. The fourth-order valence-electron chi connectivity index (χ4n) is 2.13. The predicted molar refractivity (Wildman–Crippen MR) is 80.4 cm³/mol. The van der Waals surface area contributed by atoms with Gasteiger partial charge in [-0.25, -0.2) is 4.98 Å². The third-order valence-corrected chi connectivity index (χ3v) is 3.53. The summed E-state index contributed by atoms with van der Waals surface area (Å²) in [5.74, 6) is 1.86. The minimum absolute atomic E-state index is 0.514. The van der Waals surface area contributed by atoms with Crippen LogP contribution in [-0.4, -0.2) is 48.8 Å². The first-order valence-electron chi connectivity index (χ1n) is 6.67. The van der Waals surface area contributed by atoms with E-state index in [9.17, 15) is 0 Å². The number of rotatable bonds is 6. The number of hydrogen-bond donors (Lipinski definition) is 1. The van der Waals surface area contributed by atoms with Gasteiger partial charge in [0.25, 0.3) is 0 Å². The summed E-state index contributed by atoms with van der Waals surface area (Å²) in [5, 5.41) is 0. The van der Waals surface area contributed by atoms with Gasteiger partial charge in [0.15, 0.2) is 11.5 Å². The monoisotopic (exact) mass is 278 g/mol. The Balaban J connectivity index is 2.41. The SMILES string of the molecule is CCN(C)CCn1c(N)nc2cc(OC)c(OC)cc21. The fraction of sp³-hybridized carbons (Fsp3) is 0.500. The highest BCUT2D eigenvalue weighted by Gasteiger charge is 2.13. The number of imidazole rings is 1. The summed E-state index contributed by atoms with van der Waals surface area (Å²) in [6, 6.07) is 3.77. The highest BCUT2D eigenvalue weighted by molar-refractivity contribution is 5.82. The summed E-state index contributed by atoms with van der Waals surface area (Å²) in [4.78, 5) is 6.62. The second-order valence-corrected chi connectivity index (χ2v) is 4.71. The maximum Gasteiger partial charge on any atom is 0.201 e. The van der Waals surface area contributed by atoms with Crippen molar-refractivity contribution in [2.45, 2.75) is 13.5 Å². The number of hydrogen-bond acceptors (Lipinski definition) is 5. The minimum atomic E-state index is 0.514. The molecule has 0 unspecified atom stereocenters. The van der Waals surface area contributed by atoms with E-state index in [1.54, 1.807) is 14.2 Å². The van der Waals surface area contributed by atoms with E-state index >= 15 is 0 Å². The Kier molecular flexibility index (Phi) is 4.34. The third kappa shape index (κ3) is 2.65. The van der Waals surface area contributed by atoms with Crippen LogP contribution < -0.4 is 15.2 Å². The van der Waals surface area contributed by atoms with Crippen LogP contribution in [0.1, 0.15) is 6.92 Å². The number of ether oxygens (including phenoxy) is 2. The second kappa shape index (κ2) is 6.00. The van der Waals surface area contributed by atoms with Gasteiger partial charge in [0.2, 0.25) is 5.95 Å². The van der Waals surface area contributed by atoms with E-state index in [0.717, 1.165) is 30.7 Å². The Bertz CT molecular complexity index is 594. The van der Waals surface area contributed by atoms with Crippen molar-refractivity contribution in [2.75, 3.05) is 40.1 Å². The van der Waals surface area contributed by atoms with E-state index in [0.29, 0.717) is 17.4 Å². The lowest BCUT2D eigenvalue weighted by molar-refractivity contribution is 0.337. The highest BCUT2D eigenvalue weighted by atomic mass is 16.5. The van der Waals surface area contributed by atoms with E-state index in [2.05, 4.69) is 23.9 Å². The van der Waals surface area contributed by atoms with Gasteiger partial charge in [0, 0.05) is 25.2 Å². The number of nitrogens with two attached hydrogens (primary N) is 1. The largest absolute Gasteiger partial charge is 0.493 e. The van der Waals surface area contributed by atoms with E-state index < -0.39 is 0 Å². The summed E-state index contributed by atoms with van der Waals surface area (Å²) in [7, 11) is 5.32. The average Bonchev–Trinajstić information content (AvgIpc) is 2.77. The van der Waals surface area contributed by atoms with Crippen molar-refractivity contribution in [2.24, 2.45) is 0 Å². The normalized spacial score (nSPS) is 11.2. The summed E-state index contributed by atoms with van der Waals surface area (Å²) in [6.45, 7) is 4.84. The number of aromatic nitrogens is 2. The van der Waals surface area contributed by atoms with Crippen molar-refractivity contribution in [1.29, 1.82) is 0 Å². The maximum absolute atomic E-state index is 6.02. The molecule has 0 aliphatic heterocycles. The number of nitrogens with zero attached hydrogens (tertiary/aromatic N) is 3. The number of nitrogen functional groups attached to an aromatic ring is 1. The van der Waals surface area contributed by atoms with Gasteiger partial charge >= 0.3 is 0 Å². The number of benzene rings is 1. The van der Waals surface area contributed by atoms with Crippen molar-refractivity contribution in [3.8, 4) is 11.5 Å². The predicted octanol–water partition coefficient (Wildman–Crippen LogP) is 1.59. The molecule has 6 heteroatoms. The molecule has 0 aliphatic rings. The molecule has 0 saturated carbocycles. The minimum Gasteiger partial charge on any atom is -0.493 e. The van der Waals surface area contributed by atoms with E-state index in [1.165, 1.54) is 0 Å². The van der Waals surface area contributed by atoms with Crippen LogP contribution in [0.4, 0.5) is 5.95 Å². The second-order valence-electron chi connectivity index (χ2n) is 4.71. The zero-order chi connectivity index (χ0) is 14.7. The van der Waals surface area contributed by atoms with Crippen LogP contribution in [-0.2, 0) is 6.54 Å². The molecule has 0 spiro atoms. The van der Waals surface area contributed by atoms with Crippen LogP contribution in [0.25, 0.3) is 11.0 Å². The number of likely N-dealkylation sites (N-methyl/N-ethyl adjacent to an activating group) is 1. The molecule has 0 bridgehead atoms. The van der Waals surface area contributed by atoms with Crippen LogP contribution in [0, 0.1) is 0 Å². The average molecular weight is 278 g/mol. The van der Waals surface area contributed by atoms with E-state index in [1.807, 2.05) is 16.7 Å². The summed E-state index contributed by atoms with van der Waals surface area (Å²) >= 11 is 0. The van der Waals surface area contributed by atoms with E-state index in [4.69, 9.17) is 15.2 Å². The Morgan fingerprint density at radius 1 is 1.25 bits per heavy atom. The zero-order valence-corrected chi connectivity index (χ0v) is 12.5. The summed E-state index contributed by atoms with van der Waals surface area (Å²) in [5.41, 5.74) is 7.80. The van der Waals surface area contributed by atoms with Gasteiger partial charge in [-0.1, -0.05) is 6.92 Å². The van der Waals surface area contributed by atoms with Crippen LogP contribution in [0.3, 0.4) is 0 Å². The molecule has 0 radical (unpaired) electrons. The van der Waals surface area contributed by atoms with Gasteiger partial charge in [-0.3, -0.25) is 0 Å². The Hall–Kier alpha value is -1.95. The molecule has 2 aromatic rings. The smallest absolute Gasteiger partial charge is 0.201 e. The van der Waals surface area contributed by atoms with E-state index in [-0.39, 0.29) is 0 Å². The standard InChI is InChI=1S/C14H22N4O2/c1-5-17(2)6-7-18-11-9-13(20-4)12(19-3)8-10(11)16-14(18)15/h8-9H,5-7H2,1-4H3,(H2,15,16). The van der Waals surface area contributed by atoms with Crippen molar-refractivity contribution in [1.82, 2.24) is 14.5 Å². The lowest BCUT2D eigenvalue weighted by atomic mass is 10.2. The summed E-state index contributed by atoms with van der Waals surface area (Å²) < 4.78 is 12.6. The van der Waals surface area contributed by atoms with Crippen molar-refractivity contribution >= 4 is 17.0 Å². The first-order valence-corrected chi connectivity index (χ1v) is 6.67. The molecule has 0 saturated heterocycles. The van der Waals surface area contributed by atoms with Gasteiger partial charge in [-0.05, 0) is 13.6 Å². The topological polar surface area (TPSA) is 65.5 Å². The molecule has 0 fully saturated rings. The van der Waals surface area contributed by atoms with Crippen LogP contribution in [0.5, 0.6) is 11.5 Å². The van der Waals surface area contributed by atoms with Crippen molar-refractivity contribution in [3.05, 3.63) is 12.1 Å². The van der Waals surface area contributed by atoms with Gasteiger partial charge < -0.3 is 24.7 Å². The number of fused-ring (bicyclic) bond motifs is 1. The van der Waals surface area contributed by atoms with Crippen molar-refractivity contribution in [3.63, 3.8) is 0 Å². The number of methoxy groups -OCH3 is 2. The zero-order valence-electron chi connectivity index (χ0n) is 12.5. The lowest BCUT2D eigenvalue weighted by Crippen LogP contribution is -2.23. The van der Waals surface area contributed by atoms with Crippen LogP contribution in [0.2, 0.25) is 0 Å². The first-order chi connectivity index (χ1) is 9.60. The molecule has 1 aromatic heterocycles. The Labute approximate surface area is 119 Å². The third-order valence-electron chi connectivity index (χ3n) is 3.53. The molecule has 0 atom stereocenters. The lowest BCUT2D eigenvalue weighted by Gasteiger charge is -2.15. The molecule has 1 aromatic carbocycles. The molecule has 0 aliphatic carbocycles. The molecule has 0 amide bonds. The quantitative estimate of drug-likeness (QED) is 0.869. The maximum atomic E-state index is 6.02. The van der Waals surface area contributed by atoms with Gasteiger partial charge in [-0.15, -0.1) is 0 Å². The Morgan fingerprint density at radius 2 is 1.90 bits per heavy atom. The fourth-order valence-corrected chi connectivity index (χ4v) is 2.13. The van der Waals surface area contributed by atoms with Gasteiger partial charge in [0.1, 0.15) is 0 Å². The molecule has 110 valence electrons. The molecule has 6 nitrogen and oxygen atoms in total.